The lowest BCUT2D eigenvalue weighted by Crippen LogP contribution is -2.20. The standard InChI is InChI=1S/C17H24/c1-14-4-6-16(7-5-14)10-13-17(3)11-8-15(2)9-12-17/h4-7,10,13,15H,8-9,11-12H2,1-3H3/b13-10+. The minimum Gasteiger partial charge on any atom is -0.0780 e. The van der Waals surface area contributed by atoms with Gasteiger partial charge in [0.05, 0.1) is 0 Å². The van der Waals surface area contributed by atoms with Crippen LogP contribution in [-0.4, -0.2) is 0 Å². The van der Waals surface area contributed by atoms with Crippen LogP contribution in [0.3, 0.4) is 0 Å². The van der Waals surface area contributed by atoms with Crippen LogP contribution >= 0.6 is 0 Å². The minimum absolute atomic E-state index is 0.428. The van der Waals surface area contributed by atoms with Gasteiger partial charge >= 0.3 is 0 Å². The Bertz CT molecular complexity index is 375. The molecule has 0 saturated heterocycles. The summed E-state index contributed by atoms with van der Waals surface area (Å²) in [5.41, 5.74) is 3.09. The van der Waals surface area contributed by atoms with Crippen LogP contribution in [0.5, 0.6) is 0 Å². The van der Waals surface area contributed by atoms with Crippen molar-refractivity contribution in [3.05, 3.63) is 41.5 Å². The molecular formula is C17H24. The summed E-state index contributed by atoms with van der Waals surface area (Å²) in [5.74, 6) is 0.927. The predicted octanol–water partition coefficient (Wildman–Crippen LogP) is 5.22. The predicted molar refractivity (Wildman–Crippen MR) is 76.0 cm³/mol. The van der Waals surface area contributed by atoms with Gasteiger partial charge in [0.15, 0.2) is 0 Å². The Labute approximate surface area is 106 Å². The molecule has 1 aromatic rings. The van der Waals surface area contributed by atoms with Crippen LogP contribution in [0.4, 0.5) is 0 Å². The van der Waals surface area contributed by atoms with Crippen LogP contribution in [-0.2, 0) is 0 Å². The Balaban J connectivity index is 2.02. The zero-order chi connectivity index (χ0) is 12.3. The first-order chi connectivity index (χ1) is 8.07. The molecule has 1 aromatic carbocycles. The van der Waals surface area contributed by atoms with Gasteiger partial charge in [-0.05, 0) is 49.5 Å². The van der Waals surface area contributed by atoms with Crippen LogP contribution in [0, 0.1) is 18.3 Å². The average molecular weight is 228 g/mol. The molecule has 0 bridgehead atoms. The molecule has 0 nitrogen and oxygen atoms in total. The second kappa shape index (κ2) is 5.08. The van der Waals surface area contributed by atoms with E-state index in [-0.39, 0.29) is 0 Å². The van der Waals surface area contributed by atoms with Crippen molar-refractivity contribution in [2.75, 3.05) is 0 Å². The molecule has 1 saturated carbocycles. The van der Waals surface area contributed by atoms with Gasteiger partial charge < -0.3 is 0 Å². The van der Waals surface area contributed by atoms with Crippen molar-refractivity contribution in [3.63, 3.8) is 0 Å². The van der Waals surface area contributed by atoms with Crippen molar-refractivity contribution in [2.45, 2.75) is 46.5 Å². The SMILES string of the molecule is Cc1ccc(/C=C/C2(C)CCC(C)CC2)cc1. The van der Waals surface area contributed by atoms with Gasteiger partial charge in [-0.25, -0.2) is 0 Å². The zero-order valence-corrected chi connectivity index (χ0v) is 11.4. The first kappa shape index (κ1) is 12.4. The molecule has 92 valence electrons. The number of allylic oxidation sites excluding steroid dienone is 1. The fraction of sp³-hybridized carbons (Fsp3) is 0.529. The molecule has 1 aliphatic carbocycles. The summed E-state index contributed by atoms with van der Waals surface area (Å²) >= 11 is 0. The lowest BCUT2D eigenvalue weighted by Gasteiger charge is -2.33. The first-order valence-corrected chi connectivity index (χ1v) is 6.83. The van der Waals surface area contributed by atoms with Gasteiger partial charge in [0.1, 0.15) is 0 Å². The van der Waals surface area contributed by atoms with E-state index in [1.165, 1.54) is 36.8 Å². The van der Waals surface area contributed by atoms with Crippen LogP contribution in [0.15, 0.2) is 30.3 Å². The summed E-state index contributed by atoms with van der Waals surface area (Å²) < 4.78 is 0. The highest BCUT2D eigenvalue weighted by Gasteiger charge is 2.26. The van der Waals surface area contributed by atoms with Crippen molar-refractivity contribution in [2.24, 2.45) is 11.3 Å². The number of aryl methyl sites for hydroxylation is 1. The van der Waals surface area contributed by atoms with Crippen LogP contribution in [0.25, 0.3) is 6.08 Å². The summed E-state index contributed by atoms with van der Waals surface area (Å²) in [6.45, 7) is 6.92. The summed E-state index contributed by atoms with van der Waals surface area (Å²) in [5, 5.41) is 0. The van der Waals surface area contributed by atoms with Crippen molar-refractivity contribution >= 4 is 6.08 Å². The molecule has 0 heteroatoms. The molecule has 2 rings (SSSR count). The van der Waals surface area contributed by atoms with Crippen LogP contribution in [0.1, 0.15) is 50.7 Å². The quantitative estimate of drug-likeness (QED) is 0.650. The maximum absolute atomic E-state index is 2.43. The van der Waals surface area contributed by atoms with Gasteiger partial charge in [0.2, 0.25) is 0 Å². The van der Waals surface area contributed by atoms with Gasteiger partial charge in [0.25, 0.3) is 0 Å². The molecule has 0 atom stereocenters. The monoisotopic (exact) mass is 228 g/mol. The fourth-order valence-corrected chi connectivity index (χ4v) is 2.56. The highest BCUT2D eigenvalue weighted by Crippen LogP contribution is 2.39. The molecule has 0 aromatic heterocycles. The molecule has 0 N–H and O–H groups in total. The van der Waals surface area contributed by atoms with Crippen LogP contribution < -0.4 is 0 Å². The summed E-state index contributed by atoms with van der Waals surface area (Å²) in [7, 11) is 0. The number of hydrogen-bond donors (Lipinski definition) is 0. The third kappa shape index (κ3) is 3.46. The maximum Gasteiger partial charge on any atom is -0.0143 e. The minimum atomic E-state index is 0.428. The fourth-order valence-electron chi connectivity index (χ4n) is 2.56. The topological polar surface area (TPSA) is 0 Å². The average Bonchev–Trinajstić information content (AvgIpc) is 2.33. The van der Waals surface area contributed by atoms with E-state index in [4.69, 9.17) is 0 Å². The van der Waals surface area contributed by atoms with Crippen molar-refractivity contribution in [3.8, 4) is 0 Å². The van der Waals surface area contributed by atoms with Gasteiger partial charge in [-0.2, -0.15) is 0 Å². The smallest absolute Gasteiger partial charge is 0.0143 e. The second-order valence-electron chi connectivity index (χ2n) is 6.08. The van der Waals surface area contributed by atoms with E-state index in [9.17, 15) is 0 Å². The molecule has 0 unspecified atom stereocenters. The van der Waals surface area contributed by atoms with E-state index < -0.39 is 0 Å². The largest absolute Gasteiger partial charge is 0.0780 e. The molecular weight excluding hydrogens is 204 g/mol. The zero-order valence-electron chi connectivity index (χ0n) is 11.4. The lowest BCUT2D eigenvalue weighted by atomic mass is 9.72. The molecule has 1 fully saturated rings. The van der Waals surface area contributed by atoms with Gasteiger partial charge in [0, 0.05) is 0 Å². The Morgan fingerprint density at radius 3 is 2.29 bits per heavy atom. The summed E-state index contributed by atoms with van der Waals surface area (Å²) in [4.78, 5) is 0. The van der Waals surface area contributed by atoms with Crippen LogP contribution in [0.2, 0.25) is 0 Å². The van der Waals surface area contributed by atoms with E-state index in [0.717, 1.165) is 5.92 Å². The molecule has 0 heterocycles. The third-order valence-corrected chi connectivity index (χ3v) is 4.17. The Morgan fingerprint density at radius 2 is 1.71 bits per heavy atom. The van der Waals surface area contributed by atoms with Gasteiger partial charge in [-0.15, -0.1) is 0 Å². The number of hydrogen-bond acceptors (Lipinski definition) is 0. The molecule has 0 amide bonds. The lowest BCUT2D eigenvalue weighted by molar-refractivity contribution is 0.234. The van der Waals surface area contributed by atoms with Crippen molar-refractivity contribution < 1.29 is 0 Å². The molecule has 1 aliphatic rings. The van der Waals surface area contributed by atoms with E-state index in [1.807, 2.05) is 0 Å². The first-order valence-electron chi connectivity index (χ1n) is 6.83. The molecule has 0 spiro atoms. The van der Waals surface area contributed by atoms with E-state index in [0.29, 0.717) is 5.41 Å². The Morgan fingerprint density at radius 1 is 1.12 bits per heavy atom. The van der Waals surface area contributed by atoms with E-state index >= 15 is 0 Å². The highest BCUT2D eigenvalue weighted by molar-refractivity contribution is 5.50. The third-order valence-electron chi connectivity index (χ3n) is 4.17. The maximum atomic E-state index is 2.43. The van der Waals surface area contributed by atoms with Crippen molar-refractivity contribution in [1.29, 1.82) is 0 Å². The summed E-state index contributed by atoms with van der Waals surface area (Å²) in [6.07, 6.45) is 10.2. The molecule has 17 heavy (non-hydrogen) atoms. The van der Waals surface area contributed by atoms with Crippen molar-refractivity contribution in [1.82, 2.24) is 0 Å². The molecule has 0 aliphatic heterocycles. The number of benzene rings is 1. The Hall–Kier alpha value is -1.04. The Kier molecular flexibility index (Phi) is 3.71. The van der Waals surface area contributed by atoms with E-state index in [2.05, 4.69) is 57.2 Å². The normalized spacial score (nSPS) is 29.7. The highest BCUT2D eigenvalue weighted by atomic mass is 14.3. The summed E-state index contributed by atoms with van der Waals surface area (Å²) in [6, 6.07) is 8.79. The second-order valence-corrected chi connectivity index (χ2v) is 6.08. The number of rotatable bonds is 2. The van der Waals surface area contributed by atoms with Gasteiger partial charge in [-0.1, -0.05) is 55.8 Å². The van der Waals surface area contributed by atoms with Gasteiger partial charge in [-0.3, -0.25) is 0 Å². The molecule has 0 radical (unpaired) electrons. The van der Waals surface area contributed by atoms with E-state index in [1.54, 1.807) is 0 Å².